The Hall–Kier alpha value is -2.80. The molecular weight excluding hydrogens is 364 g/mol. The first-order valence-corrected chi connectivity index (χ1v) is 10.1. The van der Waals surface area contributed by atoms with E-state index in [1.165, 1.54) is 5.56 Å². The van der Waals surface area contributed by atoms with Gasteiger partial charge in [-0.05, 0) is 64.5 Å². The molecule has 0 unspecified atom stereocenters. The minimum Gasteiger partial charge on any atom is -0.339 e. The SMILES string of the molecule is Cc1cc(C)nc(Nc2cc([C@H]3CCCN(C(=O)/C=C/CN(C)C)C3)ccn2)n1. The zero-order valence-corrected chi connectivity index (χ0v) is 17.7. The summed E-state index contributed by atoms with van der Waals surface area (Å²) in [6, 6.07) is 6.02. The van der Waals surface area contributed by atoms with Crippen LogP contribution in [0.2, 0.25) is 0 Å². The van der Waals surface area contributed by atoms with Crippen molar-refractivity contribution in [3.63, 3.8) is 0 Å². The van der Waals surface area contributed by atoms with Crippen molar-refractivity contribution in [2.24, 2.45) is 0 Å². The van der Waals surface area contributed by atoms with Crippen molar-refractivity contribution < 1.29 is 4.79 Å². The van der Waals surface area contributed by atoms with Crippen LogP contribution < -0.4 is 5.32 Å². The van der Waals surface area contributed by atoms with Crippen molar-refractivity contribution in [1.82, 2.24) is 24.8 Å². The van der Waals surface area contributed by atoms with Crippen LogP contribution in [0.4, 0.5) is 11.8 Å². The highest BCUT2D eigenvalue weighted by atomic mass is 16.2. The standard InChI is InChI=1S/C22H30N6O/c1-16-13-17(2)25-22(24-16)26-20-14-18(9-10-23-20)19-7-5-12-28(15-19)21(29)8-6-11-27(3)4/h6,8-10,13-14,19H,5,7,11-12,15H2,1-4H3,(H,23,24,25,26)/b8-6+/t19-/m0/s1. The first kappa shape index (κ1) is 20.9. The number of carbonyl (C=O) groups is 1. The van der Waals surface area contributed by atoms with Gasteiger partial charge in [0.2, 0.25) is 11.9 Å². The Morgan fingerprint density at radius 1 is 1.28 bits per heavy atom. The van der Waals surface area contributed by atoms with Crippen LogP contribution >= 0.6 is 0 Å². The molecule has 0 aromatic carbocycles. The normalized spacial score (nSPS) is 17.1. The highest BCUT2D eigenvalue weighted by Crippen LogP contribution is 2.28. The van der Waals surface area contributed by atoms with Crippen LogP contribution in [-0.2, 0) is 4.79 Å². The first-order valence-electron chi connectivity index (χ1n) is 10.1. The number of nitrogens with one attached hydrogen (secondary N) is 1. The molecule has 2 aromatic rings. The second kappa shape index (κ2) is 9.60. The van der Waals surface area contributed by atoms with Gasteiger partial charge in [0.25, 0.3) is 0 Å². The monoisotopic (exact) mass is 394 g/mol. The van der Waals surface area contributed by atoms with E-state index in [0.717, 1.165) is 49.7 Å². The van der Waals surface area contributed by atoms with Gasteiger partial charge < -0.3 is 15.1 Å². The maximum Gasteiger partial charge on any atom is 0.246 e. The van der Waals surface area contributed by atoms with E-state index < -0.39 is 0 Å². The molecule has 1 N–H and O–H groups in total. The number of nitrogens with zero attached hydrogens (tertiary/aromatic N) is 5. The molecule has 29 heavy (non-hydrogen) atoms. The molecule has 7 heteroatoms. The number of amides is 1. The molecule has 1 amide bonds. The third-order valence-electron chi connectivity index (χ3n) is 4.94. The van der Waals surface area contributed by atoms with Crippen LogP contribution in [0.25, 0.3) is 0 Å². The minimum absolute atomic E-state index is 0.0904. The van der Waals surface area contributed by atoms with Crippen LogP contribution in [0.15, 0.2) is 36.5 Å². The summed E-state index contributed by atoms with van der Waals surface area (Å²) in [5.74, 6) is 1.67. The zero-order chi connectivity index (χ0) is 20.8. The van der Waals surface area contributed by atoms with Gasteiger partial charge in [-0.2, -0.15) is 0 Å². The average Bonchev–Trinajstić information content (AvgIpc) is 2.67. The van der Waals surface area contributed by atoms with Gasteiger partial charge in [-0.3, -0.25) is 4.79 Å². The summed E-state index contributed by atoms with van der Waals surface area (Å²) < 4.78 is 0. The summed E-state index contributed by atoms with van der Waals surface area (Å²) in [5, 5.41) is 3.21. The lowest BCUT2D eigenvalue weighted by molar-refractivity contribution is -0.127. The van der Waals surface area contributed by atoms with Crippen LogP contribution in [0, 0.1) is 13.8 Å². The van der Waals surface area contributed by atoms with Crippen molar-refractivity contribution >= 4 is 17.7 Å². The van der Waals surface area contributed by atoms with E-state index in [1.807, 2.05) is 62.0 Å². The van der Waals surface area contributed by atoms with E-state index in [1.54, 1.807) is 12.3 Å². The summed E-state index contributed by atoms with van der Waals surface area (Å²) in [7, 11) is 3.98. The Morgan fingerprint density at radius 3 is 2.76 bits per heavy atom. The first-order chi connectivity index (χ1) is 13.9. The molecule has 0 spiro atoms. The van der Waals surface area contributed by atoms with E-state index in [9.17, 15) is 4.79 Å². The molecule has 154 valence electrons. The van der Waals surface area contributed by atoms with Gasteiger partial charge in [0.05, 0.1) is 0 Å². The molecule has 0 saturated carbocycles. The highest BCUT2D eigenvalue weighted by Gasteiger charge is 2.24. The van der Waals surface area contributed by atoms with Gasteiger partial charge in [-0.1, -0.05) is 6.08 Å². The summed E-state index contributed by atoms with van der Waals surface area (Å²) >= 11 is 0. The quantitative estimate of drug-likeness (QED) is 0.759. The van der Waals surface area contributed by atoms with Gasteiger partial charge in [0, 0.05) is 49.2 Å². The molecular formula is C22H30N6O. The Bertz CT molecular complexity index is 859. The molecule has 2 aromatic heterocycles. The van der Waals surface area contributed by atoms with Crippen molar-refractivity contribution in [3.05, 3.63) is 53.5 Å². The molecule has 1 saturated heterocycles. The molecule has 0 bridgehead atoms. The van der Waals surface area contributed by atoms with E-state index in [2.05, 4.69) is 20.3 Å². The number of anilines is 2. The lowest BCUT2D eigenvalue weighted by atomic mass is 9.91. The molecule has 1 aliphatic rings. The lowest BCUT2D eigenvalue weighted by Gasteiger charge is -2.32. The number of aromatic nitrogens is 3. The van der Waals surface area contributed by atoms with Crippen molar-refractivity contribution in [2.45, 2.75) is 32.6 Å². The fraction of sp³-hybridized carbons (Fsp3) is 0.455. The number of hydrogen-bond acceptors (Lipinski definition) is 6. The van der Waals surface area contributed by atoms with Crippen molar-refractivity contribution in [3.8, 4) is 0 Å². The Balaban J connectivity index is 1.68. The summed E-state index contributed by atoms with van der Waals surface area (Å²) in [6.45, 7) is 6.21. The highest BCUT2D eigenvalue weighted by molar-refractivity contribution is 5.87. The van der Waals surface area contributed by atoms with Gasteiger partial charge in [0.1, 0.15) is 5.82 Å². The summed E-state index contributed by atoms with van der Waals surface area (Å²) in [6.07, 6.45) is 7.49. The van der Waals surface area contributed by atoms with Crippen molar-refractivity contribution in [2.75, 3.05) is 39.0 Å². The third kappa shape index (κ3) is 6.09. The molecule has 1 fully saturated rings. The van der Waals surface area contributed by atoms with Crippen LogP contribution in [0.3, 0.4) is 0 Å². The molecule has 3 rings (SSSR count). The predicted molar refractivity (Wildman–Crippen MR) is 115 cm³/mol. The van der Waals surface area contributed by atoms with Gasteiger partial charge >= 0.3 is 0 Å². The Kier molecular flexibility index (Phi) is 6.93. The number of rotatable bonds is 6. The average molecular weight is 395 g/mol. The molecule has 1 aliphatic heterocycles. The number of hydrogen-bond donors (Lipinski definition) is 1. The minimum atomic E-state index is 0.0904. The number of aryl methyl sites for hydroxylation is 2. The third-order valence-corrected chi connectivity index (χ3v) is 4.94. The molecule has 1 atom stereocenters. The van der Waals surface area contributed by atoms with E-state index >= 15 is 0 Å². The van der Waals surface area contributed by atoms with Gasteiger partial charge in [0.15, 0.2) is 0 Å². The number of pyridine rings is 1. The second-order valence-electron chi connectivity index (χ2n) is 7.86. The Labute approximate surface area is 172 Å². The maximum atomic E-state index is 12.5. The number of piperidine rings is 1. The largest absolute Gasteiger partial charge is 0.339 e. The van der Waals surface area contributed by atoms with Crippen molar-refractivity contribution in [1.29, 1.82) is 0 Å². The molecule has 0 radical (unpaired) electrons. The predicted octanol–water partition coefficient (Wildman–Crippen LogP) is 3.06. The lowest BCUT2D eigenvalue weighted by Crippen LogP contribution is -2.38. The smallest absolute Gasteiger partial charge is 0.246 e. The van der Waals surface area contributed by atoms with Crippen LogP contribution in [0.5, 0.6) is 0 Å². The van der Waals surface area contributed by atoms with Gasteiger partial charge in [-0.25, -0.2) is 15.0 Å². The molecule has 3 heterocycles. The topological polar surface area (TPSA) is 74.2 Å². The zero-order valence-electron chi connectivity index (χ0n) is 17.7. The molecule has 0 aliphatic carbocycles. The van der Waals surface area contributed by atoms with E-state index in [4.69, 9.17) is 0 Å². The maximum absolute atomic E-state index is 12.5. The second-order valence-corrected chi connectivity index (χ2v) is 7.86. The van der Waals surface area contributed by atoms with Gasteiger partial charge in [-0.15, -0.1) is 0 Å². The number of likely N-dealkylation sites (tertiary alicyclic amines) is 1. The summed E-state index contributed by atoms with van der Waals surface area (Å²) in [5.41, 5.74) is 3.02. The van der Waals surface area contributed by atoms with E-state index in [0.29, 0.717) is 11.9 Å². The van der Waals surface area contributed by atoms with Crippen LogP contribution in [-0.4, -0.2) is 64.4 Å². The number of likely N-dealkylation sites (N-methyl/N-ethyl adjacent to an activating group) is 1. The molecule has 7 nitrogen and oxygen atoms in total. The van der Waals surface area contributed by atoms with Crippen LogP contribution in [0.1, 0.15) is 35.7 Å². The Morgan fingerprint density at radius 2 is 2.03 bits per heavy atom. The fourth-order valence-corrected chi connectivity index (χ4v) is 3.58. The number of carbonyl (C=O) groups excluding carboxylic acids is 1. The fourth-order valence-electron chi connectivity index (χ4n) is 3.58. The van der Waals surface area contributed by atoms with E-state index in [-0.39, 0.29) is 5.91 Å². The summed E-state index contributed by atoms with van der Waals surface area (Å²) in [4.78, 5) is 29.7.